The second-order valence-corrected chi connectivity index (χ2v) is 5.06. The van der Waals surface area contributed by atoms with Gasteiger partial charge in [0.1, 0.15) is 11.6 Å². The average Bonchev–Trinajstić information content (AvgIpc) is 3.19. The van der Waals surface area contributed by atoms with Crippen LogP contribution in [0.5, 0.6) is 0 Å². The molecule has 2 aromatic heterocycles. The van der Waals surface area contributed by atoms with Crippen molar-refractivity contribution < 1.29 is 19.0 Å². The number of hydrogen-bond donors (Lipinski definition) is 1. The second kappa shape index (κ2) is 6.89. The van der Waals surface area contributed by atoms with Gasteiger partial charge in [-0.15, -0.1) is 0 Å². The van der Waals surface area contributed by atoms with Gasteiger partial charge < -0.3 is 23.6 Å². The van der Waals surface area contributed by atoms with Crippen LogP contribution in [0.1, 0.15) is 37.0 Å². The monoisotopic (exact) mass is 292 g/mol. The Morgan fingerprint density at radius 3 is 3.19 bits per heavy atom. The zero-order valence-corrected chi connectivity index (χ0v) is 11.9. The predicted octanol–water partition coefficient (Wildman–Crippen LogP) is 2.10. The molecule has 6 heteroatoms. The van der Waals surface area contributed by atoms with Crippen LogP contribution in [0.15, 0.2) is 35.2 Å². The third-order valence-corrected chi connectivity index (χ3v) is 3.58. The summed E-state index contributed by atoms with van der Waals surface area (Å²) >= 11 is 0. The molecule has 1 saturated heterocycles. The largest absolute Gasteiger partial charge is 0.466 e. The SMILES string of the molecule is O[C@@H](c1ccco1)c1nccn1CCO[C@@H]1CCCCO1. The van der Waals surface area contributed by atoms with Gasteiger partial charge in [0.2, 0.25) is 0 Å². The number of furan rings is 1. The molecule has 0 aliphatic carbocycles. The van der Waals surface area contributed by atoms with E-state index >= 15 is 0 Å². The first-order valence-electron chi connectivity index (χ1n) is 7.30. The lowest BCUT2D eigenvalue weighted by molar-refractivity contribution is -0.163. The molecule has 0 saturated carbocycles. The van der Waals surface area contributed by atoms with E-state index in [1.807, 2.05) is 10.8 Å². The molecule has 1 fully saturated rings. The Kier molecular flexibility index (Phi) is 4.69. The lowest BCUT2D eigenvalue weighted by Crippen LogP contribution is -2.24. The fourth-order valence-corrected chi connectivity index (χ4v) is 2.46. The van der Waals surface area contributed by atoms with E-state index in [4.69, 9.17) is 13.9 Å². The van der Waals surface area contributed by atoms with Gasteiger partial charge in [0.05, 0.1) is 12.9 Å². The Balaban J connectivity index is 1.55. The number of ether oxygens (including phenoxy) is 2. The van der Waals surface area contributed by atoms with Gasteiger partial charge in [-0.05, 0) is 31.4 Å². The summed E-state index contributed by atoms with van der Waals surface area (Å²) in [5.41, 5.74) is 0. The molecular formula is C15H20N2O4. The minimum atomic E-state index is -0.860. The fraction of sp³-hybridized carbons (Fsp3) is 0.533. The summed E-state index contributed by atoms with van der Waals surface area (Å²) in [6, 6.07) is 3.48. The molecule has 2 aromatic rings. The summed E-state index contributed by atoms with van der Waals surface area (Å²) in [5.74, 6) is 1.04. The normalized spacial score (nSPS) is 20.5. The van der Waals surface area contributed by atoms with Crippen LogP contribution in [-0.2, 0) is 16.0 Å². The van der Waals surface area contributed by atoms with Crippen LogP contribution < -0.4 is 0 Å². The van der Waals surface area contributed by atoms with Crippen LogP contribution in [0.4, 0.5) is 0 Å². The molecule has 3 rings (SSSR count). The van der Waals surface area contributed by atoms with Crippen LogP contribution in [0.3, 0.4) is 0 Å². The summed E-state index contributed by atoms with van der Waals surface area (Å²) < 4.78 is 18.3. The standard InChI is InChI=1S/C15H20N2O4/c18-14(12-4-3-10-19-12)15-16-6-7-17(15)8-11-21-13-5-1-2-9-20-13/h3-4,6-7,10,13-14,18H,1-2,5,8-9,11H2/t13-,14+/m1/s1. The Morgan fingerprint density at radius 1 is 1.48 bits per heavy atom. The van der Waals surface area contributed by atoms with Crippen LogP contribution in [0.2, 0.25) is 0 Å². The Bertz CT molecular complexity index is 532. The number of nitrogens with zero attached hydrogens (tertiary/aromatic N) is 2. The van der Waals surface area contributed by atoms with Crippen molar-refractivity contribution in [3.63, 3.8) is 0 Å². The van der Waals surface area contributed by atoms with Gasteiger partial charge in [0.15, 0.2) is 12.4 Å². The summed E-state index contributed by atoms with van der Waals surface area (Å²) in [6.45, 7) is 1.92. The summed E-state index contributed by atoms with van der Waals surface area (Å²) in [7, 11) is 0. The third-order valence-electron chi connectivity index (χ3n) is 3.58. The van der Waals surface area contributed by atoms with Crippen molar-refractivity contribution in [3.8, 4) is 0 Å². The highest BCUT2D eigenvalue weighted by atomic mass is 16.7. The number of aliphatic hydroxyl groups excluding tert-OH is 1. The van der Waals surface area contributed by atoms with E-state index < -0.39 is 6.10 Å². The van der Waals surface area contributed by atoms with Crippen LogP contribution in [0.25, 0.3) is 0 Å². The number of aliphatic hydroxyl groups is 1. The zero-order valence-electron chi connectivity index (χ0n) is 11.9. The molecule has 0 bridgehead atoms. The van der Waals surface area contributed by atoms with Crippen LogP contribution >= 0.6 is 0 Å². The molecule has 1 aliphatic rings. The third kappa shape index (κ3) is 3.53. The van der Waals surface area contributed by atoms with E-state index in [-0.39, 0.29) is 6.29 Å². The van der Waals surface area contributed by atoms with Gasteiger partial charge in [-0.1, -0.05) is 0 Å². The lowest BCUT2D eigenvalue weighted by atomic mass is 10.2. The molecule has 3 heterocycles. The van der Waals surface area contributed by atoms with E-state index in [2.05, 4.69) is 4.98 Å². The van der Waals surface area contributed by atoms with Crippen molar-refractivity contribution in [2.45, 2.75) is 38.2 Å². The van der Waals surface area contributed by atoms with Crippen molar-refractivity contribution in [1.29, 1.82) is 0 Å². The van der Waals surface area contributed by atoms with Crippen molar-refractivity contribution >= 4 is 0 Å². The maximum absolute atomic E-state index is 10.3. The van der Waals surface area contributed by atoms with Crippen LogP contribution in [0, 0.1) is 0 Å². The van der Waals surface area contributed by atoms with E-state index in [9.17, 15) is 5.11 Å². The molecule has 1 N–H and O–H groups in total. The highest BCUT2D eigenvalue weighted by Crippen LogP contribution is 2.21. The highest BCUT2D eigenvalue weighted by Gasteiger charge is 2.19. The van der Waals surface area contributed by atoms with Crippen molar-refractivity contribution in [1.82, 2.24) is 9.55 Å². The Labute approximate surface area is 123 Å². The topological polar surface area (TPSA) is 69.7 Å². The molecule has 0 unspecified atom stereocenters. The first-order chi connectivity index (χ1) is 10.3. The van der Waals surface area contributed by atoms with Gasteiger partial charge in [-0.2, -0.15) is 0 Å². The molecule has 2 atom stereocenters. The van der Waals surface area contributed by atoms with Gasteiger partial charge in [0, 0.05) is 25.5 Å². The molecule has 6 nitrogen and oxygen atoms in total. The predicted molar refractivity (Wildman–Crippen MR) is 74.5 cm³/mol. The molecule has 0 radical (unpaired) electrons. The highest BCUT2D eigenvalue weighted by molar-refractivity contribution is 5.12. The second-order valence-electron chi connectivity index (χ2n) is 5.06. The molecular weight excluding hydrogens is 272 g/mol. The van der Waals surface area contributed by atoms with Gasteiger partial charge in [0.25, 0.3) is 0 Å². The van der Waals surface area contributed by atoms with Gasteiger partial charge >= 0.3 is 0 Å². The van der Waals surface area contributed by atoms with E-state index in [0.29, 0.717) is 24.7 Å². The average molecular weight is 292 g/mol. The maximum Gasteiger partial charge on any atom is 0.169 e. The maximum atomic E-state index is 10.3. The van der Waals surface area contributed by atoms with E-state index in [1.54, 1.807) is 18.3 Å². The molecule has 21 heavy (non-hydrogen) atoms. The Hall–Kier alpha value is -1.63. The lowest BCUT2D eigenvalue weighted by Gasteiger charge is -2.23. The molecule has 114 valence electrons. The van der Waals surface area contributed by atoms with Crippen molar-refractivity contribution in [3.05, 3.63) is 42.4 Å². The van der Waals surface area contributed by atoms with Crippen LogP contribution in [-0.4, -0.2) is 34.2 Å². The summed E-state index contributed by atoms with van der Waals surface area (Å²) in [5, 5.41) is 10.3. The molecule has 0 spiro atoms. The summed E-state index contributed by atoms with van der Waals surface area (Å²) in [4.78, 5) is 4.20. The van der Waals surface area contributed by atoms with Gasteiger partial charge in [-0.3, -0.25) is 0 Å². The molecule has 0 aromatic carbocycles. The summed E-state index contributed by atoms with van der Waals surface area (Å²) in [6.07, 6.45) is 7.28. The van der Waals surface area contributed by atoms with Gasteiger partial charge in [-0.25, -0.2) is 4.98 Å². The number of hydrogen-bond acceptors (Lipinski definition) is 5. The van der Waals surface area contributed by atoms with Crippen molar-refractivity contribution in [2.24, 2.45) is 0 Å². The first-order valence-corrected chi connectivity index (χ1v) is 7.30. The minimum absolute atomic E-state index is 0.0966. The fourth-order valence-electron chi connectivity index (χ4n) is 2.46. The first kappa shape index (κ1) is 14.3. The molecule has 1 aliphatic heterocycles. The Morgan fingerprint density at radius 2 is 2.43 bits per heavy atom. The quantitative estimate of drug-likeness (QED) is 0.883. The number of rotatable bonds is 6. The number of imidazole rings is 1. The zero-order chi connectivity index (χ0) is 14.5. The van der Waals surface area contributed by atoms with Crippen molar-refractivity contribution in [2.75, 3.05) is 13.2 Å². The van der Waals surface area contributed by atoms with E-state index in [0.717, 1.165) is 25.9 Å². The molecule has 0 amide bonds. The number of aromatic nitrogens is 2. The smallest absolute Gasteiger partial charge is 0.169 e. The minimum Gasteiger partial charge on any atom is -0.466 e. The van der Waals surface area contributed by atoms with E-state index in [1.165, 1.54) is 6.26 Å².